The number of benzene rings is 2. The van der Waals surface area contributed by atoms with Crippen LogP contribution in [0.3, 0.4) is 0 Å². The van der Waals surface area contributed by atoms with Gasteiger partial charge in [-0.05, 0) is 78.8 Å². The number of rotatable bonds is 3. The van der Waals surface area contributed by atoms with Crippen molar-refractivity contribution < 1.29 is 18.7 Å². The largest absolute Gasteiger partial charge is 0.512 e. The third-order valence-electron chi connectivity index (χ3n) is 6.60. The Morgan fingerprint density at radius 3 is 2.30 bits per heavy atom. The van der Waals surface area contributed by atoms with E-state index >= 15 is 0 Å². The first-order valence-corrected chi connectivity index (χ1v) is 11.0. The van der Waals surface area contributed by atoms with Crippen LogP contribution in [0.5, 0.6) is 0 Å². The lowest BCUT2D eigenvalue weighted by molar-refractivity contribution is -0.114. The number of carbonyl (C=O) groups is 1. The van der Waals surface area contributed by atoms with Crippen LogP contribution in [0.1, 0.15) is 56.6 Å². The normalized spacial score (nSPS) is 22.1. The lowest BCUT2D eigenvalue weighted by atomic mass is 9.79. The molecule has 158 valence electrons. The molecule has 0 atom stereocenters. The molecule has 3 aliphatic carbocycles. The predicted octanol–water partition coefficient (Wildman–Crippen LogP) is 7.29. The highest BCUT2D eigenvalue weighted by Crippen LogP contribution is 2.40. The zero-order valence-corrected chi connectivity index (χ0v) is 17.7. The molecule has 2 bridgehead atoms. The van der Waals surface area contributed by atoms with Crippen LogP contribution >= 0.6 is 11.6 Å². The Bertz CT molecular complexity index is 1020. The highest BCUT2D eigenvalue weighted by atomic mass is 35.5. The smallest absolute Gasteiger partial charge is 0.178 e. The van der Waals surface area contributed by atoms with Gasteiger partial charge in [-0.3, -0.25) is 4.79 Å². The molecule has 3 aliphatic rings. The minimum Gasteiger partial charge on any atom is -0.512 e. The van der Waals surface area contributed by atoms with Crippen molar-refractivity contribution in [2.75, 3.05) is 0 Å². The topological polar surface area (TPSA) is 37.3 Å². The number of Topliss-reactive ketones (excluding diaryl/α,β-unsaturated/α-hetero) is 1. The van der Waals surface area contributed by atoms with E-state index in [4.69, 9.17) is 11.6 Å². The molecule has 0 aromatic heterocycles. The van der Waals surface area contributed by atoms with Crippen molar-refractivity contribution in [1.82, 2.24) is 0 Å². The predicted molar refractivity (Wildman–Crippen MR) is 115 cm³/mol. The number of allylic oxidation sites excluding steroid dienone is 2. The van der Waals surface area contributed by atoms with Crippen LogP contribution in [-0.4, -0.2) is 10.9 Å². The molecule has 0 aliphatic heterocycles. The summed E-state index contributed by atoms with van der Waals surface area (Å²) in [6, 6.07) is 8.00. The Kier molecular flexibility index (Phi) is 5.97. The second kappa shape index (κ2) is 8.50. The van der Waals surface area contributed by atoms with Crippen molar-refractivity contribution in [3.63, 3.8) is 0 Å². The van der Waals surface area contributed by atoms with Crippen LogP contribution in [0.15, 0.2) is 36.1 Å². The summed E-state index contributed by atoms with van der Waals surface area (Å²) in [4.78, 5) is 13.2. The number of aliphatic hydroxyl groups is 1. The number of carbonyl (C=O) groups excluding carboxylic acids is 1. The average Bonchev–Trinajstić information content (AvgIpc) is 2.82. The van der Waals surface area contributed by atoms with E-state index in [2.05, 4.69) is 0 Å². The Hall–Kier alpha value is -2.20. The van der Waals surface area contributed by atoms with Crippen molar-refractivity contribution >= 4 is 23.0 Å². The molecule has 2 aromatic rings. The quantitative estimate of drug-likeness (QED) is 0.519. The van der Waals surface area contributed by atoms with Gasteiger partial charge >= 0.3 is 0 Å². The van der Waals surface area contributed by atoms with E-state index in [0.29, 0.717) is 47.8 Å². The van der Waals surface area contributed by atoms with Crippen molar-refractivity contribution in [3.05, 3.63) is 63.9 Å². The highest BCUT2D eigenvalue weighted by Gasteiger charge is 2.31. The van der Waals surface area contributed by atoms with Gasteiger partial charge < -0.3 is 5.11 Å². The van der Waals surface area contributed by atoms with Crippen LogP contribution in [0, 0.1) is 23.5 Å². The minimum absolute atomic E-state index is 0.0605. The molecule has 0 heterocycles. The summed E-state index contributed by atoms with van der Waals surface area (Å²) in [5.41, 5.74) is 2.40. The minimum atomic E-state index is -1.09. The number of ketones is 1. The molecule has 0 radical (unpaired) electrons. The second-order valence-corrected chi connectivity index (χ2v) is 8.90. The molecule has 5 heteroatoms. The standard InChI is InChI=1S/C25H25ClF2O2/c1-2-16-7-8-17(18-9-10-20(26)25(28)24(18)27)13-19(16)23-21(29)11-14-3-4-15(6-5-14)12-22(23)30/h7-10,13-15,29H,2-6,11-12H2,1H3. The van der Waals surface area contributed by atoms with E-state index in [1.807, 2.05) is 13.0 Å². The van der Waals surface area contributed by atoms with Gasteiger partial charge in [-0.25, -0.2) is 8.78 Å². The summed E-state index contributed by atoms with van der Waals surface area (Å²) in [6.45, 7) is 1.97. The summed E-state index contributed by atoms with van der Waals surface area (Å²) in [5, 5.41) is 10.7. The average molecular weight is 431 g/mol. The number of fused-ring (bicyclic) bond motifs is 5. The maximum Gasteiger partial charge on any atom is 0.178 e. The van der Waals surface area contributed by atoms with Crippen LogP contribution in [0.2, 0.25) is 5.02 Å². The second-order valence-electron chi connectivity index (χ2n) is 8.49. The lowest BCUT2D eigenvalue weighted by Crippen LogP contribution is -2.15. The van der Waals surface area contributed by atoms with E-state index in [0.717, 1.165) is 31.2 Å². The van der Waals surface area contributed by atoms with Gasteiger partial charge in [-0.1, -0.05) is 30.7 Å². The maximum absolute atomic E-state index is 14.6. The van der Waals surface area contributed by atoms with Crippen LogP contribution in [-0.2, 0) is 11.2 Å². The van der Waals surface area contributed by atoms with Crippen molar-refractivity contribution in [2.24, 2.45) is 11.8 Å². The van der Waals surface area contributed by atoms with E-state index in [1.54, 1.807) is 12.1 Å². The third kappa shape index (κ3) is 3.90. The molecule has 0 saturated heterocycles. The molecular weight excluding hydrogens is 406 g/mol. The molecule has 1 fully saturated rings. The van der Waals surface area contributed by atoms with Gasteiger partial charge in [-0.2, -0.15) is 0 Å². The molecule has 2 nitrogen and oxygen atoms in total. The summed E-state index contributed by atoms with van der Waals surface area (Å²) in [7, 11) is 0. The van der Waals surface area contributed by atoms with Gasteiger partial charge in [0.2, 0.25) is 0 Å². The molecule has 0 spiro atoms. The number of aliphatic hydroxyl groups excluding tert-OH is 1. The Balaban J connectivity index is 1.86. The van der Waals surface area contributed by atoms with Gasteiger partial charge in [0.25, 0.3) is 0 Å². The molecule has 30 heavy (non-hydrogen) atoms. The van der Waals surface area contributed by atoms with Crippen LogP contribution < -0.4 is 0 Å². The van der Waals surface area contributed by atoms with E-state index in [9.17, 15) is 18.7 Å². The first-order chi connectivity index (χ1) is 14.4. The van der Waals surface area contributed by atoms with E-state index < -0.39 is 11.6 Å². The molecule has 0 amide bonds. The maximum atomic E-state index is 14.6. The van der Waals surface area contributed by atoms with E-state index in [-0.39, 0.29) is 22.1 Å². The third-order valence-corrected chi connectivity index (χ3v) is 6.89. The Labute approximate surface area is 180 Å². The SMILES string of the molecule is CCc1ccc(-c2ccc(Cl)c(F)c2F)cc1C1=C(O)CC2CCC(CC2)CC1=O. The number of aryl methyl sites for hydroxylation is 1. The molecular formula is C25H25ClF2O2. The molecule has 0 unspecified atom stereocenters. The van der Waals surface area contributed by atoms with Crippen LogP contribution in [0.25, 0.3) is 16.7 Å². The molecule has 1 saturated carbocycles. The summed E-state index contributed by atoms with van der Waals surface area (Å²) in [6.07, 6.45) is 5.68. The first-order valence-electron chi connectivity index (χ1n) is 10.6. The van der Waals surface area contributed by atoms with Crippen molar-refractivity contribution in [2.45, 2.75) is 51.9 Å². The first kappa shape index (κ1) is 21.0. The number of halogens is 3. The summed E-state index contributed by atoms with van der Waals surface area (Å²) in [5.74, 6) is -1.30. The Morgan fingerprint density at radius 2 is 1.63 bits per heavy atom. The fraction of sp³-hybridized carbons (Fsp3) is 0.400. The molecule has 5 rings (SSSR count). The fourth-order valence-corrected chi connectivity index (χ4v) is 5.03. The summed E-state index contributed by atoms with van der Waals surface area (Å²) < 4.78 is 28.6. The zero-order chi connectivity index (χ0) is 21.4. The van der Waals surface area contributed by atoms with Crippen molar-refractivity contribution in [3.8, 4) is 11.1 Å². The van der Waals surface area contributed by atoms with Gasteiger partial charge in [0.15, 0.2) is 17.4 Å². The van der Waals surface area contributed by atoms with Gasteiger partial charge in [-0.15, -0.1) is 0 Å². The van der Waals surface area contributed by atoms with Crippen LogP contribution in [0.4, 0.5) is 8.78 Å². The number of hydrogen-bond acceptors (Lipinski definition) is 2. The molecule has 2 aromatic carbocycles. The van der Waals surface area contributed by atoms with Crippen molar-refractivity contribution in [1.29, 1.82) is 0 Å². The monoisotopic (exact) mass is 430 g/mol. The summed E-state index contributed by atoms with van der Waals surface area (Å²) >= 11 is 5.69. The lowest BCUT2D eigenvalue weighted by Gasteiger charge is -2.26. The van der Waals surface area contributed by atoms with Gasteiger partial charge in [0, 0.05) is 18.4 Å². The zero-order valence-electron chi connectivity index (χ0n) is 17.0. The fourth-order valence-electron chi connectivity index (χ4n) is 4.88. The molecule has 1 N–H and O–H groups in total. The van der Waals surface area contributed by atoms with Gasteiger partial charge in [0.1, 0.15) is 5.76 Å². The Morgan fingerprint density at radius 1 is 0.967 bits per heavy atom. The number of hydrogen-bond donors (Lipinski definition) is 1. The van der Waals surface area contributed by atoms with E-state index in [1.165, 1.54) is 12.1 Å². The van der Waals surface area contributed by atoms with Gasteiger partial charge in [0.05, 0.1) is 10.6 Å². The highest BCUT2D eigenvalue weighted by molar-refractivity contribution is 6.30.